The van der Waals surface area contributed by atoms with Crippen LogP contribution in [0.1, 0.15) is 22.9 Å². The van der Waals surface area contributed by atoms with E-state index >= 15 is 0 Å². The number of halogens is 1. The summed E-state index contributed by atoms with van der Waals surface area (Å²) in [4.78, 5) is 13.5. The van der Waals surface area contributed by atoms with E-state index in [1.165, 1.54) is 12.1 Å². The number of ether oxygens (including phenoxy) is 1. The Labute approximate surface area is 214 Å². The van der Waals surface area contributed by atoms with Crippen molar-refractivity contribution in [1.29, 1.82) is 5.26 Å². The first-order valence-electron chi connectivity index (χ1n) is 12.1. The Bertz CT molecular complexity index is 1360. The number of hydrogen-bond donors (Lipinski definition) is 3. The Kier molecular flexibility index (Phi) is 6.90. The van der Waals surface area contributed by atoms with Crippen molar-refractivity contribution in [1.82, 2.24) is 14.9 Å². The molecule has 0 bridgehead atoms. The number of benzene rings is 2. The minimum atomic E-state index is -0.423. The van der Waals surface area contributed by atoms with Crippen LogP contribution in [0.5, 0.6) is 11.6 Å². The normalized spacial score (nSPS) is 17.7. The highest BCUT2D eigenvalue weighted by Crippen LogP contribution is 2.42. The van der Waals surface area contributed by atoms with E-state index in [9.17, 15) is 14.8 Å². The fraction of sp³-hybridized carbons (Fsp3) is 0.296. The second-order valence-corrected chi connectivity index (χ2v) is 9.06. The fourth-order valence-corrected chi connectivity index (χ4v) is 4.81. The van der Waals surface area contributed by atoms with Gasteiger partial charge in [-0.3, -0.25) is 4.90 Å². The van der Waals surface area contributed by atoms with Gasteiger partial charge in [-0.25, -0.2) is 9.37 Å². The third-order valence-electron chi connectivity index (χ3n) is 6.64. The zero-order valence-corrected chi connectivity index (χ0v) is 20.5. The third-order valence-corrected chi connectivity index (χ3v) is 6.64. The fourth-order valence-electron chi connectivity index (χ4n) is 4.81. The maximum atomic E-state index is 13.5. The van der Waals surface area contributed by atoms with Crippen LogP contribution in [0.15, 0.2) is 59.9 Å². The number of nitrogens with zero attached hydrogens (tertiary/aromatic N) is 5. The third kappa shape index (κ3) is 5.18. The van der Waals surface area contributed by atoms with Gasteiger partial charge in [0.25, 0.3) is 0 Å². The molecule has 10 heteroatoms. The van der Waals surface area contributed by atoms with Gasteiger partial charge in [0.1, 0.15) is 29.0 Å². The number of aliphatic hydroxyl groups excluding tert-OH is 1. The zero-order chi connectivity index (χ0) is 25.9. The van der Waals surface area contributed by atoms with Crippen molar-refractivity contribution >= 4 is 11.5 Å². The Morgan fingerprint density at radius 3 is 2.59 bits per heavy atom. The van der Waals surface area contributed by atoms with Crippen molar-refractivity contribution in [3.05, 3.63) is 82.7 Å². The molecule has 3 heterocycles. The monoisotopic (exact) mass is 501 g/mol. The van der Waals surface area contributed by atoms with Crippen LogP contribution >= 0.6 is 0 Å². The van der Waals surface area contributed by atoms with Crippen molar-refractivity contribution in [2.45, 2.75) is 12.8 Å². The molecule has 2 aliphatic rings. The molecule has 1 fully saturated rings. The SMILES string of the molecule is Cc1nc(Oc2ccc3c(c2)NC(N)=C(C#N)C3c2ccc(F)cc2)cc(N2CCN(CCO)CC2)n1. The van der Waals surface area contributed by atoms with Crippen LogP contribution in [0.4, 0.5) is 15.9 Å². The van der Waals surface area contributed by atoms with Crippen LogP contribution in [0.3, 0.4) is 0 Å². The average molecular weight is 502 g/mol. The topological polar surface area (TPSA) is 124 Å². The molecular formula is C27H28FN7O2. The van der Waals surface area contributed by atoms with Crippen molar-refractivity contribution in [3.63, 3.8) is 0 Å². The van der Waals surface area contributed by atoms with E-state index in [0.717, 1.165) is 43.1 Å². The van der Waals surface area contributed by atoms with Crippen LogP contribution in [0.2, 0.25) is 0 Å². The number of aryl methyl sites for hydroxylation is 1. The molecule has 0 amide bonds. The molecule has 0 aliphatic carbocycles. The minimum Gasteiger partial charge on any atom is -0.439 e. The van der Waals surface area contributed by atoms with E-state index in [-0.39, 0.29) is 18.2 Å². The highest BCUT2D eigenvalue weighted by Gasteiger charge is 2.29. The lowest BCUT2D eigenvalue weighted by molar-refractivity contribution is 0.188. The number of rotatable bonds is 6. The molecule has 0 saturated carbocycles. The number of nitrogens with two attached hydrogens (primary N) is 1. The van der Waals surface area contributed by atoms with Gasteiger partial charge in [0, 0.05) is 56.5 Å². The smallest absolute Gasteiger partial charge is 0.224 e. The van der Waals surface area contributed by atoms with Gasteiger partial charge < -0.3 is 25.8 Å². The molecule has 2 aromatic carbocycles. The van der Waals surface area contributed by atoms with Crippen molar-refractivity contribution < 1.29 is 14.2 Å². The lowest BCUT2D eigenvalue weighted by Crippen LogP contribution is -2.47. The number of piperazine rings is 1. The summed E-state index contributed by atoms with van der Waals surface area (Å²) in [6, 6.07) is 15.6. The Hall–Kier alpha value is -4.20. The molecule has 37 heavy (non-hydrogen) atoms. The summed E-state index contributed by atoms with van der Waals surface area (Å²) < 4.78 is 19.7. The van der Waals surface area contributed by atoms with E-state index in [1.54, 1.807) is 12.1 Å². The standard InChI is InChI=1S/C27H28FN7O2/c1-17-31-24(35-10-8-34(9-11-35)12-13-36)15-25(32-17)37-20-6-7-21-23(14-20)33-27(30)22(16-29)26(21)18-2-4-19(28)5-3-18/h2-7,14-15,26,33,36H,8-13,30H2,1H3. The summed E-state index contributed by atoms with van der Waals surface area (Å²) in [6.45, 7) is 5.97. The predicted octanol–water partition coefficient (Wildman–Crippen LogP) is 3.08. The van der Waals surface area contributed by atoms with Gasteiger partial charge in [-0.15, -0.1) is 0 Å². The molecule has 2 aliphatic heterocycles. The molecule has 3 aromatic rings. The molecule has 9 nitrogen and oxygen atoms in total. The van der Waals surface area contributed by atoms with E-state index < -0.39 is 5.92 Å². The molecule has 0 radical (unpaired) electrons. The Balaban J connectivity index is 1.40. The highest BCUT2D eigenvalue weighted by atomic mass is 19.1. The number of aromatic nitrogens is 2. The van der Waals surface area contributed by atoms with E-state index in [4.69, 9.17) is 10.5 Å². The number of allylic oxidation sites excluding steroid dienone is 1. The lowest BCUT2D eigenvalue weighted by atomic mass is 9.82. The molecule has 190 valence electrons. The quantitative estimate of drug-likeness (QED) is 0.467. The number of nitriles is 1. The molecule has 1 unspecified atom stereocenters. The maximum Gasteiger partial charge on any atom is 0.224 e. The first-order valence-corrected chi connectivity index (χ1v) is 12.1. The molecule has 1 aromatic heterocycles. The summed E-state index contributed by atoms with van der Waals surface area (Å²) in [7, 11) is 0. The van der Waals surface area contributed by atoms with Crippen LogP contribution in [-0.4, -0.2) is 59.3 Å². The number of fused-ring (bicyclic) bond motifs is 1. The van der Waals surface area contributed by atoms with Crippen molar-refractivity contribution in [2.75, 3.05) is 49.5 Å². The average Bonchev–Trinajstić information content (AvgIpc) is 2.89. The second-order valence-electron chi connectivity index (χ2n) is 9.06. The molecule has 4 N–H and O–H groups in total. The Morgan fingerprint density at radius 1 is 1.14 bits per heavy atom. The van der Waals surface area contributed by atoms with Gasteiger partial charge in [-0.1, -0.05) is 18.2 Å². The highest BCUT2D eigenvalue weighted by molar-refractivity contribution is 5.69. The number of aliphatic hydroxyl groups is 1. The zero-order valence-electron chi connectivity index (χ0n) is 20.5. The van der Waals surface area contributed by atoms with Crippen LogP contribution in [-0.2, 0) is 0 Å². The second kappa shape index (κ2) is 10.4. The molecular weight excluding hydrogens is 473 g/mol. The van der Waals surface area contributed by atoms with Gasteiger partial charge in [0.15, 0.2) is 0 Å². The van der Waals surface area contributed by atoms with Gasteiger partial charge in [0.05, 0.1) is 18.2 Å². The molecule has 5 rings (SSSR count). The minimum absolute atomic E-state index is 0.157. The number of nitrogens with one attached hydrogen (secondary N) is 1. The van der Waals surface area contributed by atoms with E-state index in [0.29, 0.717) is 35.3 Å². The molecule has 0 spiro atoms. The van der Waals surface area contributed by atoms with Crippen molar-refractivity contribution in [2.24, 2.45) is 5.73 Å². The summed E-state index contributed by atoms with van der Waals surface area (Å²) >= 11 is 0. The summed E-state index contributed by atoms with van der Waals surface area (Å²) in [5.41, 5.74) is 8.89. The summed E-state index contributed by atoms with van der Waals surface area (Å²) in [5.74, 6) is 1.86. The van der Waals surface area contributed by atoms with E-state index in [1.807, 2.05) is 31.2 Å². The van der Waals surface area contributed by atoms with Gasteiger partial charge in [0.2, 0.25) is 5.88 Å². The van der Waals surface area contributed by atoms with Crippen LogP contribution in [0.25, 0.3) is 0 Å². The lowest BCUT2D eigenvalue weighted by Gasteiger charge is -2.35. The number of anilines is 2. The number of hydrogen-bond acceptors (Lipinski definition) is 9. The first kappa shape index (κ1) is 24.5. The molecule has 1 saturated heterocycles. The van der Waals surface area contributed by atoms with Gasteiger partial charge >= 0.3 is 0 Å². The van der Waals surface area contributed by atoms with Crippen molar-refractivity contribution in [3.8, 4) is 17.7 Å². The summed E-state index contributed by atoms with van der Waals surface area (Å²) in [5, 5.41) is 22.0. The Morgan fingerprint density at radius 2 is 1.89 bits per heavy atom. The molecule has 1 atom stereocenters. The van der Waals surface area contributed by atoms with Crippen LogP contribution in [0, 0.1) is 24.1 Å². The van der Waals surface area contributed by atoms with Gasteiger partial charge in [-0.05, 0) is 36.2 Å². The van der Waals surface area contributed by atoms with Gasteiger partial charge in [-0.2, -0.15) is 10.2 Å². The predicted molar refractivity (Wildman–Crippen MR) is 138 cm³/mol. The summed E-state index contributed by atoms with van der Waals surface area (Å²) in [6.07, 6.45) is 0. The van der Waals surface area contributed by atoms with Crippen LogP contribution < -0.4 is 20.7 Å². The maximum absolute atomic E-state index is 13.5. The van der Waals surface area contributed by atoms with E-state index in [2.05, 4.69) is 31.2 Å². The first-order chi connectivity index (χ1) is 17.9. The number of β-amino-alcohol motifs (C(OH)–C–C–N with tert-alkyl or cyclic N) is 1. The largest absolute Gasteiger partial charge is 0.439 e.